The molecule has 3 rings (SSSR count). The Morgan fingerprint density at radius 3 is 2.85 bits per heavy atom. The smallest absolute Gasteiger partial charge is 0.408 e. The molecule has 5 N–H and O–H groups in total. The second kappa shape index (κ2) is 7.65. The Hall–Kier alpha value is -3.75. The minimum Gasteiger partial charge on any atom is -0.502 e. The maximum Gasteiger partial charge on any atom is 0.408 e. The van der Waals surface area contributed by atoms with Gasteiger partial charge in [-0.15, -0.1) is 0 Å². The monoisotopic (exact) mass is 371 g/mol. The Morgan fingerprint density at radius 1 is 1.33 bits per heavy atom. The number of fused-ring (bicyclic) bond motifs is 1. The Bertz CT molecular complexity index is 1040. The average Bonchev–Trinajstić information content (AvgIpc) is 3.05. The molecule has 9 heteroatoms. The van der Waals surface area contributed by atoms with E-state index in [1.807, 2.05) is 24.3 Å². The van der Waals surface area contributed by atoms with Crippen molar-refractivity contribution in [3.63, 3.8) is 0 Å². The van der Waals surface area contributed by atoms with Crippen molar-refractivity contribution in [2.24, 2.45) is 5.73 Å². The molecular formula is C18H17N3O6. The summed E-state index contributed by atoms with van der Waals surface area (Å²) in [5.74, 6) is -1.22. The molecule has 2 amide bonds. The number of amides is 2. The summed E-state index contributed by atoms with van der Waals surface area (Å²) in [4.78, 5) is 38.1. The molecule has 140 valence electrons. The molecule has 0 saturated heterocycles. The Balaban J connectivity index is 1.63. The third kappa shape index (κ3) is 4.27. The zero-order chi connectivity index (χ0) is 19.4. The molecule has 3 aromatic rings. The highest BCUT2D eigenvalue weighted by Crippen LogP contribution is 2.19. The zero-order valence-corrected chi connectivity index (χ0v) is 14.1. The Kier molecular flexibility index (Phi) is 5.11. The highest BCUT2D eigenvalue weighted by atomic mass is 16.6. The number of carbonyl (C=O) groups is 2. The van der Waals surface area contributed by atoms with Gasteiger partial charge in [-0.05, 0) is 11.6 Å². The molecule has 9 nitrogen and oxygen atoms in total. The second-order valence-corrected chi connectivity index (χ2v) is 5.83. The molecule has 27 heavy (non-hydrogen) atoms. The van der Waals surface area contributed by atoms with Crippen LogP contribution in [0.3, 0.4) is 0 Å². The number of hydrogen-bond donors (Lipinski definition) is 4. The number of carbonyl (C=O) groups excluding carboxylic acids is 2. The van der Waals surface area contributed by atoms with Gasteiger partial charge in [-0.25, -0.2) is 4.79 Å². The van der Waals surface area contributed by atoms with E-state index in [9.17, 15) is 14.4 Å². The average molecular weight is 371 g/mol. The van der Waals surface area contributed by atoms with Crippen molar-refractivity contribution in [1.29, 1.82) is 0 Å². The summed E-state index contributed by atoms with van der Waals surface area (Å²) in [7, 11) is 0. The first kappa shape index (κ1) is 18.1. The first-order valence-corrected chi connectivity index (χ1v) is 8.02. The molecule has 0 spiro atoms. The molecule has 0 unspecified atom stereocenters. The molecule has 0 fully saturated rings. The summed E-state index contributed by atoms with van der Waals surface area (Å²) < 4.78 is 9.85. The van der Waals surface area contributed by atoms with Gasteiger partial charge in [0.1, 0.15) is 18.1 Å². The third-order valence-corrected chi connectivity index (χ3v) is 3.95. The van der Waals surface area contributed by atoms with E-state index < -0.39 is 29.2 Å². The van der Waals surface area contributed by atoms with Gasteiger partial charge in [-0.1, -0.05) is 18.2 Å². The van der Waals surface area contributed by atoms with Gasteiger partial charge in [-0.2, -0.15) is 0 Å². The topological polar surface area (TPSA) is 148 Å². The fraction of sp³-hybridized carbons (Fsp3) is 0.167. The van der Waals surface area contributed by atoms with Gasteiger partial charge in [0.15, 0.2) is 12.4 Å². The van der Waals surface area contributed by atoms with Crippen molar-refractivity contribution in [3.8, 4) is 5.75 Å². The van der Waals surface area contributed by atoms with Crippen molar-refractivity contribution in [1.82, 2.24) is 10.3 Å². The number of alkyl carbamates (subject to hydrolysis) is 1. The largest absolute Gasteiger partial charge is 0.502 e. The molecule has 0 radical (unpaired) electrons. The number of aromatic hydroxyl groups is 1. The van der Waals surface area contributed by atoms with E-state index in [1.165, 1.54) is 0 Å². The van der Waals surface area contributed by atoms with Crippen LogP contribution < -0.4 is 16.5 Å². The van der Waals surface area contributed by atoms with Gasteiger partial charge in [0.05, 0.1) is 0 Å². The van der Waals surface area contributed by atoms with E-state index in [1.54, 1.807) is 6.20 Å². The summed E-state index contributed by atoms with van der Waals surface area (Å²) in [6, 6.07) is 7.55. The number of nitrogens with one attached hydrogen (secondary N) is 2. The van der Waals surface area contributed by atoms with E-state index in [0.29, 0.717) is 0 Å². The number of ether oxygens (including phenoxy) is 1. The second-order valence-electron chi connectivity index (χ2n) is 5.83. The summed E-state index contributed by atoms with van der Waals surface area (Å²) in [5.41, 5.74) is 6.45. The number of rotatable bonds is 6. The van der Waals surface area contributed by atoms with Gasteiger partial charge in [0, 0.05) is 29.6 Å². The van der Waals surface area contributed by atoms with E-state index >= 15 is 0 Å². The van der Waals surface area contributed by atoms with Crippen LogP contribution >= 0.6 is 0 Å². The van der Waals surface area contributed by atoms with Crippen LogP contribution in [0, 0.1) is 0 Å². The number of para-hydroxylation sites is 1. The van der Waals surface area contributed by atoms with Crippen LogP contribution in [-0.4, -0.2) is 28.1 Å². The number of aromatic nitrogens is 1. The lowest BCUT2D eigenvalue weighted by Crippen LogP contribution is -2.46. The minimum absolute atomic E-state index is 0.0419. The highest BCUT2D eigenvalue weighted by Gasteiger charge is 2.21. The summed E-state index contributed by atoms with van der Waals surface area (Å²) in [6.07, 6.45) is 1.89. The molecule has 0 aliphatic heterocycles. The van der Waals surface area contributed by atoms with Gasteiger partial charge in [-0.3, -0.25) is 9.59 Å². The van der Waals surface area contributed by atoms with Crippen molar-refractivity contribution < 1.29 is 23.8 Å². The molecule has 2 heterocycles. The fourth-order valence-electron chi connectivity index (χ4n) is 2.58. The van der Waals surface area contributed by atoms with E-state index in [2.05, 4.69) is 10.3 Å². The van der Waals surface area contributed by atoms with Crippen molar-refractivity contribution in [2.45, 2.75) is 19.1 Å². The standard InChI is InChI=1S/C18H17N3O6/c19-17(24)14(5-10-7-20-13-4-2-1-3-12(10)13)21-18(25)27-8-11-6-15(22)16(23)9-26-11/h1-4,6-7,9,14,20,23H,5,8H2,(H2,19,24)(H,21,25)/t14-/m0/s1. The van der Waals surface area contributed by atoms with Crippen LogP contribution in [-0.2, 0) is 22.6 Å². The SMILES string of the molecule is NC(=O)[C@H](Cc1c[nH]c2ccccc12)NC(=O)OCc1cc(=O)c(O)co1. The lowest BCUT2D eigenvalue weighted by molar-refractivity contribution is -0.119. The van der Waals surface area contributed by atoms with Crippen LogP contribution in [0.5, 0.6) is 5.75 Å². The number of aromatic amines is 1. The Morgan fingerprint density at radius 2 is 2.11 bits per heavy atom. The van der Waals surface area contributed by atoms with Crippen LogP contribution in [0.1, 0.15) is 11.3 Å². The fourth-order valence-corrected chi connectivity index (χ4v) is 2.58. The minimum atomic E-state index is -0.983. The first-order valence-electron chi connectivity index (χ1n) is 8.02. The van der Waals surface area contributed by atoms with Crippen LogP contribution in [0.4, 0.5) is 4.79 Å². The van der Waals surface area contributed by atoms with Crippen LogP contribution in [0.2, 0.25) is 0 Å². The summed E-state index contributed by atoms with van der Waals surface area (Å²) >= 11 is 0. The number of benzene rings is 1. The predicted octanol–water partition coefficient (Wildman–Crippen LogP) is 1.15. The van der Waals surface area contributed by atoms with E-state index in [0.717, 1.165) is 28.8 Å². The van der Waals surface area contributed by atoms with Crippen LogP contribution in [0.15, 0.2) is 52.0 Å². The number of hydrogen-bond acceptors (Lipinski definition) is 6. The number of H-pyrrole nitrogens is 1. The van der Waals surface area contributed by atoms with Crippen molar-refractivity contribution >= 4 is 22.9 Å². The molecule has 1 atom stereocenters. The lowest BCUT2D eigenvalue weighted by Gasteiger charge is -2.15. The molecular weight excluding hydrogens is 354 g/mol. The number of nitrogens with two attached hydrogens (primary N) is 1. The maximum atomic E-state index is 12.0. The summed E-state index contributed by atoms with van der Waals surface area (Å²) in [5, 5.41) is 12.4. The lowest BCUT2D eigenvalue weighted by atomic mass is 10.0. The third-order valence-electron chi connectivity index (χ3n) is 3.95. The molecule has 0 saturated carbocycles. The van der Waals surface area contributed by atoms with E-state index in [4.69, 9.17) is 20.0 Å². The highest BCUT2D eigenvalue weighted by molar-refractivity contribution is 5.87. The molecule has 2 aromatic heterocycles. The van der Waals surface area contributed by atoms with Gasteiger partial charge in [0.2, 0.25) is 11.3 Å². The van der Waals surface area contributed by atoms with Crippen molar-refractivity contribution in [2.75, 3.05) is 0 Å². The molecule has 0 bridgehead atoms. The quantitative estimate of drug-likeness (QED) is 0.511. The molecule has 1 aromatic carbocycles. The van der Waals surface area contributed by atoms with Crippen LogP contribution in [0.25, 0.3) is 10.9 Å². The predicted molar refractivity (Wildman–Crippen MR) is 94.9 cm³/mol. The van der Waals surface area contributed by atoms with Gasteiger partial charge < -0.3 is 30.3 Å². The zero-order valence-electron chi connectivity index (χ0n) is 14.1. The first-order chi connectivity index (χ1) is 12.9. The Labute approximate surface area is 152 Å². The van der Waals surface area contributed by atoms with Gasteiger partial charge >= 0.3 is 6.09 Å². The maximum absolute atomic E-state index is 12.0. The van der Waals surface area contributed by atoms with Gasteiger partial charge in [0.25, 0.3) is 0 Å². The summed E-state index contributed by atoms with van der Waals surface area (Å²) in [6.45, 7) is -0.347. The van der Waals surface area contributed by atoms with Crippen molar-refractivity contribution in [3.05, 3.63) is 64.3 Å². The molecule has 0 aliphatic rings. The molecule has 0 aliphatic carbocycles. The van der Waals surface area contributed by atoms with E-state index in [-0.39, 0.29) is 18.8 Å². The number of primary amides is 1. The normalized spacial score (nSPS) is 11.9.